The molecule has 0 spiro atoms. The van der Waals surface area contributed by atoms with E-state index < -0.39 is 0 Å². The quantitative estimate of drug-likeness (QED) is 0.871. The fourth-order valence-corrected chi connectivity index (χ4v) is 2.25. The van der Waals surface area contributed by atoms with E-state index in [0.29, 0.717) is 6.42 Å². The molecule has 0 bridgehead atoms. The number of hydrogen-bond donors (Lipinski definition) is 1. The maximum Gasteiger partial charge on any atom is 0.123 e. The van der Waals surface area contributed by atoms with Gasteiger partial charge in [-0.15, -0.1) is 0 Å². The topological polar surface area (TPSA) is 26.0 Å². The van der Waals surface area contributed by atoms with Crippen molar-refractivity contribution in [3.63, 3.8) is 0 Å². The maximum absolute atomic E-state index is 13.1. The van der Waals surface area contributed by atoms with Gasteiger partial charge in [-0.05, 0) is 48.1 Å². The van der Waals surface area contributed by atoms with Crippen molar-refractivity contribution in [3.8, 4) is 0 Å². The van der Waals surface area contributed by atoms with E-state index in [0.717, 1.165) is 18.4 Å². The van der Waals surface area contributed by atoms with Gasteiger partial charge in [0, 0.05) is 6.04 Å². The Morgan fingerprint density at radius 3 is 2.21 bits per heavy atom. The Labute approximate surface area is 114 Å². The Kier molecular flexibility index (Phi) is 4.69. The van der Waals surface area contributed by atoms with E-state index >= 15 is 0 Å². The highest BCUT2D eigenvalue weighted by molar-refractivity contribution is 5.24. The molecule has 2 rings (SSSR count). The molecule has 0 heterocycles. The summed E-state index contributed by atoms with van der Waals surface area (Å²) >= 11 is 0. The van der Waals surface area contributed by atoms with Gasteiger partial charge in [-0.1, -0.05) is 43.3 Å². The van der Waals surface area contributed by atoms with Crippen LogP contribution < -0.4 is 5.73 Å². The molecule has 2 heteroatoms. The molecule has 0 saturated carbocycles. The van der Waals surface area contributed by atoms with E-state index in [1.165, 1.54) is 17.2 Å². The van der Waals surface area contributed by atoms with Gasteiger partial charge in [-0.3, -0.25) is 0 Å². The lowest BCUT2D eigenvalue weighted by molar-refractivity contribution is 0.618. The molecule has 0 radical (unpaired) electrons. The van der Waals surface area contributed by atoms with E-state index in [-0.39, 0.29) is 11.9 Å². The molecule has 0 saturated heterocycles. The molecule has 2 aromatic rings. The van der Waals surface area contributed by atoms with Gasteiger partial charge < -0.3 is 5.73 Å². The summed E-state index contributed by atoms with van der Waals surface area (Å²) in [5.74, 6) is -0.197. The number of benzene rings is 2. The van der Waals surface area contributed by atoms with E-state index in [1.807, 2.05) is 6.07 Å². The first-order valence-corrected chi connectivity index (χ1v) is 6.75. The summed E-state index contributed by atoms with van der Waals surface area (Å²) in [6.45, 7) is 2.14. The summed E-state index contributed by atoms with van der Waals surface area (Å²) in [5, 5.41) is 0. The van der Waals surface area contributed by atoms with Gasteiger partial charge in [-0.25, -0.2) is 4.39 Å². The lowest BCUT2D eigenvalue weighted by Gasteiger charge is -2.12. The van der Waals surface area contributed by atoms with Crippen LogP contribution in [0.15, 0.2) is 48.5 Å². The Hall–Kier alpha value is -1.67. The van der Waals surface area contributed by atoms with E-state index in [1.54, 1.807) is 12.1 Å². The van der Waals surface area contributed by atoms with Crippen molar-refractivity contribution in [1.29, 1.82) is 0 Å². The summed E-state index contributed by atoms with van der Waals surface area (Å²) < 4.78 is 13.1. The highest BCUT2D eigenvalue weighted by Gasteiger charge is 2.06. The zero-order chi connectivity index (χ0) is 13.7. The van der Waals surface area contributed by atoms with Crippen LogP contribution in [0.3, 0.4) is 0 Å². The molecule has 2 aromatic carbocycles. The third-order valence-corrected chi connectivity index (χ3v) is 3.32. The van der Waals surface area contributed by atoms with E-state index in [4.69, 9.17) is 5.73 Å². The van der Waals surface area contributed by atoms with Crippen molar-refractivity contribution in [2.75, 3.05) is 0 Å². The minimum absolute atomic E-state index is 0.0225. The summed E-state index contributed by atoms with van der Waals surface area (Å²) in [4.78, 5) is 0. The van der Waals surface area contributed by atoms with Crippen LogP contribution in [0.2, 0.25) is 0 Å². The molecule has 100 valence electrons. The van der Waals surface area contributed by atoms with Gasteiger partial charge in [0.1, 0.15) is 5.82 Å². The highest BCUT2D eigenvalue weighted by Crippen LogP contribution is 2.11. The third-order valence-electron chi connectivity index (χ3n) is 3.32. The summed E-state index contributed by atoms with van der Waals surface area (Å²) in [7, 11) is 0. The lowest BCUT2D eigenvalue weighted by Crippen LogP contribution is -2.25. The lowest BCUT2D eigenvalue weighted by atomic mass is 9.99. The first-order valence-electron chi connectivity index (χ1n) is 6.75. The Morgan fingerprint density at radius 1 is 0.947 bits per heavy atom. The minimum atomic E-state index is -0.197. The molecular formula is C17H20FN. The zero-order valence-corrected chi connectivity index (χ0v) is 11.3. The highest BCUT2D eigenvalue weighted by atomic mass is 19.1. The van der Waals surface area contributed by atoms with E-state index in [2.05, 4.69) is 31.2 Å². The fourth-order valence-electron chi connectivity index (χ4n) is 2.25. The first kappa shape index (κ1) is 13.8. The number of aryl methyl sites for hydroxylation is 1. The molecule has 1 atom stereocenters. The van der Waals surface area contributed by atoms with Crippen molar-refractivity contribution in [2.45, 2.75) is 32.2 Å². The average molecular weight is 257 g/mol. The molecule has 2 N–H and O–H groups in total. The van der Waals surface area contributed by atoms with Crippen LogP contribution in [0.4, 0.5) is 4.39 Å². The molecule has 19 heavy (non-hydrogen) atoms. The summed E-state index contributed by atoms with van der Waals surface area (Å²) in [6.07, 6.45) is 2.57. The van der Waals surface area contributed by atoms with E-state index in [9.17, 15) is 4.39 Å². The van der Waals surface area contributed by atoms with Crippen LogP contribution in [0.5, 0.6) is 0 Å². The second kappa shape index (κ2) is 6.48. The standard InChI is InChI=1S/C17H20FN/c1-2-13-6-8-14(9-7-13)11-17(19)12-15-4-3-5-16(18)10-15/h3-10,17H,2,11-12,19H2,1H3. The second-order valence-corrected chi connectivity index (χ2v) is 4.97. The van der Waals surface area contributed by atoms with Gasteiger partial charge in [-0.2, -0.15) is 0 Å². The van der Waals surface area contributed by atoms with Gasteiger partial charge in [0.25, 0.3) is 0 Å². The minimum Gasteiger partial charge on any atom is -0.327 e. The summed E-state index contributed by atoms with van der Waals surface area (Å²) in [6, 6.07) is 15.2. The molecule has 0 amide bonds. The Morgan fingerprint density at radius 2 is 1.58 bits per heavy atom. The molecule has 0 aliphatic rings. The largest absolute Gasteiger partial charge is 0.327 e. The van der Waals surface area contributed by atoms with Crippen molar-refractivity contribution in [1.82, 2.24) is 0 Å². The normalized spacial score (nSPS) is 12.4. The van der Waals surface area contributed by atoms with Gasteiger partial charge >= 0.3 is 0 Å². The molecule has 0 fully saturated rings. The van der Waals surface area contributed by atoms with Crippen LogP contribution >= 0.6 is 0 Å². The molecule has 0 aliphatic heterocycles. The SMILES string of the molecule is CCc1ccc(CC(N)Cc2cccc(F)c2)cc1. The maximum atomic E-state index is 13.1. The smallest absolute Gasteiger partial charge is 0.123 e. The Bertz CT molecular complexity index is 519. The molecule has 1 unspecified atom stereocenters. The monoisotopic (exact) mass is 257 g/mol. The predicted molar refractivity (Wildman–Crippen MR) is 77.6 cm³/mol. The van der Waals surface area contributed by atoms with Crippen LogP contribution in [0.1, 0.15) is 23.6 Å². The predicted octanol–water partition coefficient (Wildman–Crippen LogP) is 3.50. The van der Waals surface area contributed by atoms with Gasteiger partial charge in [0.05, 0.1) is 0 Å². The van der Waals surface area contributed by atoms with Gasteiger partial charge in [0.2, 0.25) is 0 Å². The average Bonchev–Trinajstić information content (AvgIpc) is 2.39. The van der Waals surface area contributed by atoms with Crippen LogP contribution in [-0.2, 0) is 19.3 Å². The molecular weight excluding hydrogens is 237 g/mol. The van der Waals surface area contributed by atoms with Crippen molar-refractivity contribution >= 4 is 0 Å². The zero-order valence-electron chi connectivity index (χ0n) is 11.3. The molecule has 0 aromatic heterocycles. The molecule has 1 nitrogen and oxygen atoms in total. The van der Waals surface area contributed by atoms with Crippen LogP contribution in [0, 0.1) is 5.82 Å². The van der Waals surface area contributed by atoms with Crippen LogP contribution in [-0.4, -0.2) is 6.04 Å². The van der Waals surface area contributed by atoms with Crippen LogP contribution in [0.25, 0.3) is 0 Å². The molecule has 0 aliphatic carbocycles. The summed E-state index contributed by atoms with van der Waals surface area (Å²) in [5.41, 5.74) is 9.66. The number of halogens is 1. The second-order valence-electron chi connectivity index (χ2n) is 4.97. The Balaban J connectivity index is 1.95. The van der Waals surface area contributed by atoms with Gasteiger partial charge in [0.15, 0.2) is 0 Å². The van der Waals surface area contributed by atoms with Crippen molar-refractivity contribution < 1.29 is 4.39 Å². The number of hydrogen-bond acceptors (Lipinski definition) is 1. The number of nitrogens with two attached hydrogens (primary N) is 1. The van der Waals surface area contributed by atoms with Crippen molar-refractivity contribution in [2.24, 2.45) is 5.73 Å². The van der Waals surface area contributed by atoms with Crippen molar-refractivity contribution in [3.05, 3.63) is 71.0 Å². The number of rotatable bonds is 5. The third kappa shape index (κ3) is 4.18. The fraction of sp³-hybridized carbons (Fsp3) is 0.294. The first-order chi connectivity index (χ1) is 9.17.